The molecular formula is C18H27N3O3S. The first-order valence-corrected chi connectivity index (χ1v) is 10.5. The summed E-state index contributed by atoms with van der Waals surface area (Å²) in [6, 6.07) is 6.54. The summed E-state index contributed by atoms with van der Waals surface area (Å²) in [5.41, 5.74) is 0.444. The van der Waals surface area contributed by atoms with E-state index in [9.17, 15) is 13.2 Å². The Hall–Kier alpha value is -1.44. The van der Waals surface area contributed by atoms with Gasteiger partial charge in [0.05, 0.1) is 4.90 Å². The summed E-state index contributed by atoms with van der Waals surface area (Å²) >= 11 is 0. The summed E-state index contributed by atoms with van der Waals surface area (Å²) in [4.78, 5) is 14.6. The molecule has 1 amide bonds. The predicted molar refractivity (Wildman–Crippen MR) is 97.0 cm³/mol. The highest BCUT2D eigenvalue weighted by Crippen LogP contribution is 2.27. The van der Waals surface area contributed by atoms with Gasteiger partial charge in [0, 0.05) is 44.8 Å². The van der Waals surface area contributed by atoms with E-state index in [2.05, 4.69) is 5.32 Å². The minimum Gasteiger partial charge on any atom is -0.336 e. The molecule has 3 rings (SSSR count). The summed E-state index contributed by atoms with van der Waals surface area (Å²) in [5, 5.41) is 3.21. The van der Waals surface area contributed by atoms with Crippen molar-refractivity contribution in [2.75, 3.05) is 33.2 Å². The molecular weight excluding hydrogens is 338 g/mol. The highest BCUT2D eigenvalue weighted by molar-refractivity contribution is 7.89. The number of carbonyl (C=O) groups is 1. The molecule has 0 bridgehead atoms. The number of piperazine rings is 1. The molecule has 2 fully saturated rings. The quantitative estimate of drug-likeness (QED) is 0.881. The molecule has 25 heavy (non-hydrogen) atoms. The maximum Gasteiger partial charge on any atom is 0.253 e. The number of nitrogens with zero attached hydrogens (tertiary/aromatic N) is 2. The number of amides is 1. The van der Waals surface area contributed by atoms with Crippen molar-refractivity contribution in [1.29, 1.82) is 0 Å². The minimum absolute atomic E-state index is 0.0614. The highest BCUT2D eigenvalue weighted by atomic mass is 32.2. The van der Waals surface area contributed by atoms with Gasteiger partial charge in [-0.3, -0.25) is 4.79 Å². The van der Waals surface area contributed by atoms with Crippen LogP contribution in [-0.2, 0) is 10.0 Å². The Balaban J connectivity index is 1.80. The number of hydrogen-bond acceptors (Lipinski definition) is 4. The second kappa shape index (κ2) is 7.85. The Morgan fingerprint density at radius 2 is 1.84 bits per heavy atom. The van der Waals surface area contributed by atoms with Gasteiger partial charge < -0.3 is 10.2 Å². The molecule has 2 aliphatic rings. The first-order valence-electron chi connectivity index (χ1n) is 9.08. The van der Waals surface area contributed by atoms with Crippen molar-refractivity contribution in [3.8, 4) is 0 Å². The minimum atomic E-state index is -3.58. The molecule has 7 heteroatoms. The third kappa shape index (κ3) is 4.04. The number of sulfonamides is 1. The van der Waals surface area contributed by atoms with Crippen LogP contribution in [0.3, 0.4) is 0 Å². The van der Waals surface area contributed by atoms with Gasteiger partial charge in [-0.25, -0.2) is 8.42 Å². The zero-order valence-corrected chi connectivity index (χ0v) is 15.6. The lowest BCUT2D eigenvalue weighted by Crippen LogP contribution is -2.46. The lowest BCUT2D eigenvalue weighted by atomic mass is 9.96. The van der Waals surface area contributed by atoms with Crippen LogP contribution in [0.25, 0.3) is 0 Å². The van der Waals surface area contributed by atoms with Gasteiger partial charge in [0.2, 0.25) is 10.0 Å². The van der Waals surface area contributed by atoms with Gasteiger partial charge in [0.1, 0.15) is 0 Å². The SMILES string of the molecule is CN(C1CCCCC1)S(=O)(=O)c1cccc(C(=O)N2CCNCC2)c1. The average molecular weight is 365 g/mol. The second-order valence-corrected chi connectivity index (χ2v) is 8.88. The van der Waals surface area contributed by atoms with Crippen molar-refractivity contribution in [3.05, 3.63) is 29.8 Å². The topological polar surface area (TPSA) is 69.7 Å². The van der Waals surface area contributed by atoms with Gasteiger partial charge >= 0.3 is 0 Å². The molecule has 1 aliphatic carbocycles. The fourth-order valence-electron chi connectivity index (χ4n) is 3.65. The summed E-state index contributed by atoms with van der Waals surface area (Å²) in [5.74, 6) is -0.0983. The Labute approximate surface area is 150 Å². The van der Waals surface area contributed by atoms with E-state index >= 15 is 0 Å². The van der Waals surface area contributed by atoms with Crippen LogP contribution in [0.5, 0.6) is 0 Å². The Bertz CT molecular complexity index is 708. The Morgan fingerprint density at radius 1 is 1.16 bits per heavy atom. The maximum absolute atomic E-state index is 13.0. The molecule has 0 unspecified atom stereocenters. The number of rotatable bonds is 4. The van der Waals surface area contributed by atoms with E-state index in [0.717, 1.165) is 38.8 Å². The van der Waals surface area contributed by atoms with E-state index in [-0.39, 0.29) is 16.8 Å². The molecule has 1 saturated carbocycles. The summed E-state index contributed by atoms with van der Waals surface area (Å²) in [7, 11) is -1.91. The molecule has 6 nitrogen and oxygen atoms in total. The Kier molecular flexibility index (Phi) is 5.76. The fourth-order valence-corrected chi connectivity index (χ4v) is 5.11. The standard InChI is InChI=1S/C18H27N3O3S/c1-20(16-7-3-2-4-8-16)25(23,24)17-9-5-6-15(14-17)18(22)21-12-10-19-11-13-21/h5-6,9,14,16,19H,2-4,7-8,10-13H2,1H3. The van der Waals surface area contributed by atoms with Crippen molar-refractivity contribution in [1.82, 2.24) is 14.5 Å². The van der Waals surface area contributed by atoms with E-state index in [4.69, 9.17) is 0 Å². The molecule has 138 valence electrons. The molecule has 0 spiro atoms. The molecule has 1 aromatic rings. The van der Waals surface area contributed by atoms with Gasteiger partial charge in [0.15, 0.2) is 0 Å². The van der Waals surface area contributed by atoms with Crippen LogP contribution in [-0.4, -0.2) is 62.8 Å². The normalized spacial score (nSPS) is 20.0. The smallest absolute Gasteiger partial charge is 0.253 e. The summed E-state index contributed by atoms with van der Waals surface area (Å²) < 4.78 is 27.4. The van der Waals surface area contributed by atoms with Crippen LogP contribution in [0.1, 0.15) is 42.5 Å². The predicted octanol–water partition coefficient (Wildman–Crippen LogP) is 1.69. The Morgan fingerprint density at radius 3 is 2.52 bits per heavy atom. The van der Waals surface area contributed by atoms with Crippen LogP contribution in [0.2, 0.25) is 0 Å². The first kappa shape index (κ1) is 18.4. The van der Waals surface area contributed by atoms with E-state index in [1.54, 1.807) is 30.1 Å². The van der Waals surface area contributed by atoms with E-state index in [0.29, 0.717) is 18.7 Å². The van der Waals surface area contributed by atoms with Crippen molar-refractivity contribution < 1.29 is 13.2 Å². The van der Waals surface area contributed by atoms with Crippen LogP contribution in [0.15, 0.2) is 29.2 Å². The number of hydrogen-bond donors (Lipinski definition) is 1. The molecule has 1 aromatic carbocycles. The maximum atomic E-state index is 13.0. The number of carbonyl (C=O) groups excluding carboxylic acids is 1. The molecule has 1 heterocycles. The van der Waals surface area contributed by atoms with Crippen LogP contribution >= 0.6 is 0 Å². The molecule has 1 saturated heterocycles. The third-order valence-electron chi connectivity index (χ3n) is 5.25. The van der Waals surface area contributed by atoms with Crippen LogP contribution in [0, 0.1) is 0 Å². The highest BCUT2D eigenvalue weighted by Gasteiger charge is 2.29. The third-order valence-corrected chi connectivity index (χ3v) is 7.16. The van der Waals surface area contributed by atoms with Gasteiger partial charge in [-0.05, 0) is 31.0 Å². The van der Waals surface area contributed by atoms with Crippen molar-refractivity contribution >= 4 is 15.9 Å². The van der Waals surface area contributed by atoms with Crippen LogP contribution < -0.4 is 5.32 Å². The van der Waals surface area contributed by atoms with Crippen molar-refractivity contribution in [3.63, 3.8) is 0 Å². The summed E-state index contributed by atoms with van der Waals surface area (Å²) in [6.45, 7) is 2.85. The largest absolute Gasteiger partial charge is 0.336 e. The molecule has 0 atom stereocenters. The van der Waals surface area contributed by atoms with Gasteiger partial charge in [0.25, 0.3) is 5.91 Å². The molecule has 0 aromatic heterocycles. The van der Waals surface area contributed by atoms with E-state index in [1.807, 2.05) is 0 Å². The lowest BCUT2D eigenvalue weighted by Gasteiger charge is -2.30. The average Bonchev–Trinajstić information content (AvgIpc) is 2.68. The van der Waals surface area contributed by atoms with E-state index in [1.165, 1.54) is 16.8 Å². The lowest BCUT2D eigenvalue weighted by molar-refractivity contribution is 0.0735. The molecule has 1 aliphatic heterocycles. The first-order chi connectivity index (χ1) is 12.0. The molecule has 1 N–H and O–H groups in total. The zero-order valence-electron chi connectivity index (χ0n) is 14.8. The van der Waals surface area contributed by atoms with E-state index < -0.39 is 10.0 Å². The zero-order chi connectivity index (χ0) is 17.9. The molecule has 0 radical (unpaired) electrons. The second-order valence-electron chi connectivity index (χ2n) is 6.88. The fraction of sp³-hybridized carbons (Fsp3) is 0.611. The number of benzene rings is 1. The van der Waals surface area contributed by atoms with Crippen molar-refractivity contribution in [2.24, 2.45) is 0 Å². The van der Waals surface area contributed by atoms with Gasteiger partial charge in [-0.2, -0.15) is 4.31 Å². The monoisotopic (exact) mass is 365 g/mol. The summed E-state index contributed by atoms with van der Waals surface area (Å²) in [6.07, 6.45) is 5.15. The van der Waals surface area contributed by atoms with Gasteiger partial charge in [-0.1, -0.05) is 25.3 Å². The van der Waals surface area contributed by atoms with Crippen molar-refractivity contribution in [2.45, 2.75) is 43.0 Å². The van der Waals surface area contributed by atoms with Gasteiger partial charge in [-0.15, -0.1) is 0 Å². The number of nitrogens with one attached hydrogen (secondary N) is 1. The van der Waals surface area contributed by atoms with Crippen LogP contribution in [0.4, 0.5) is 0 Å².